The number of pyridine rings is 1. The zero-order valence-electron chi connectivity index (χ0n) is 24.7. The molecule has 2 fully saturated rings. The smallest absolute Gasteiger partial charge is 0.417 e. The van der Waals surface area contributed by atoms with Gasteiger partial charge in [0.25, 0.3) is 11.8 Å². The highest BCUT2D eigenvalue weighted by Crippen LogP contribution is 2.35. The molecule has 3 aromatic rings. The second-order valence-electron chi connectivity index (χ2n) is 12.3. The molecule has 1 unspecified atom stereocenters. The van der Waals surface area contributed by atoms with Crippen LogP contribution < -0.4 is 4.90 Å². The molecule has 12 nitrogen and oxygen atoms in total. The molecule has 1 N–H and O–H groups in total. The van der Waals surface area contributed by atoms with Gasteiger partial charge < -0.3 is 19.6 Å². The van der Waals surface area contributed by atoms with Crippen LogP contribution in [0.2, 0.25) is 0 Å². The average Bonchev–Trinajstić information content (AvgIpc) is 3.78. The van der Waals surface area contributed by atoms with Crippen LogP contribution in [0.4, 0.5) is 15.0 Å². The summed E-state index contributed by atoms with van der Waals surface area (Å²) in [6.07, 6.45) is 2.83. The number of anilines is 1. The van der Waals surface area contributed by atoms with E-state index >= 15 is 4.39 Å². The largest absolute Gasteiger partial charge is 0.443 e. The number of imide groups is 1. The Labute approximate surface area is 253 Å². The minimum Gasteiger partial charge on any atom is -0.443 e. The summed E-state index contributed by atoms with van der Waals surface area (Å²) in [5.74, 6) is -1.14. The number of amides is 3. The van der Waals surface area contributed by atoms with Crippen LogP contribution in [0.25, 0.3) is 16.9 Å². The van der Waals surface area contributed by atoms with Crippen molar-refractivity contribution in [3.05, 3.63) is 59.2 Å². The van der Waals surface area contributed by atoms with Gasteiger partial charge >= 0.3 is 6.09 Å². The highest BCUT2D eigenvalue weighted by atomic mass is 19.1. The van der Waals surface area contributed by atoms with Gasteiger partial charge in [-0.1, -0.05) is 6.07 Å². The number of rotatable bonds is 4. The van der Waals surface area contributed by atoms with Gasteiger partial charge in [0.15, 0.2) is 11.4 Å². The fourth-order valence-corrected chi connectivity index (χ4v) is 5.93. The Kier molecular flexibility index (Phi) is 7.12. The number of likely N-dealkylation sites (tertiary alicyclic amines) is 1. The Bertz CT molecular complexity index is 1720. The molecule has 0 spiro atoms. The van der Waals surface area contributed by atoms with Crippen molar-refractivity contribution in [2.45, 2.75) is 57.8 Å². The lowest BCUT2D eigenvalue weighted by molar-refractivity contribution is -0.148. The lowest BCUT2D eigenvalue weighted by Crippen LogP contribution is -2.49. The first kappa shape index (κ1) is 29.3. The third-order valence-electron chi connectivity index (χ3n) is 8.03. The molecule has 2 aromatic heterocycles. The molecule has 0 aliphatic carbocycles. The second kappa shape index (κ2) is 10.7. The van der Waals surface area contributed by atoms with Crippen LogP contribution in [-0.4, -0.2) is 85.0 Å². The maximum Gasteiger partial charge on any atom is 0.417 e. The third kappa shape index (κ3) is 5.15. The van der Waals surface area contributed by atoms with E-state index in [9.17, 15) is 24.8 Å². The lowest BCUT2D eigenvalue weighted by atomic mass is 10.0. The van der Waals surface area contributed by atoms with Crippen LogP contribution in [0, 0.1) is 17.1 Å². The van der Waals surface area contributed by atoms with E-state index in [1.54, 1.807) is 42.8 Å². The lowest BCUT2D eigenvalue weighted by Gasteiger charge is -2.27. The highest BCUT2D eigenvalue weighted by Gasteiger charge is 2.46. The number of ether oxygens (including phenoxy) is 1. The second-order valence-corrected chi connectivity index (χ2v) is 12.3. The van der Waals surface area contributed by atoms with Crippen molar-refractivity contribution in [1.29, 1.82) is 5.26 Å². The molecular formula is C31H32FN7O5. The summed E-state index contributed by atoms with van der Waals surface area (Å²) >= 11 is 0. The molecule has 5 heterocycles. The first-order valence-corrected chi connectivity index (χ1v) is 14.5. The SMILES string of the molecule is CC(C)(C)OC(=O)N1Cc2nc(-c3c(F)cccc3C#N)cc(-n3ccc(N4CCC(O)(C(=O)N5CCCC5)C4)n3)c2C1=O. The van der Waals surface area contributed by atoms with Crippen molar-refractivity contribution in [3.8, 4) is 23.0 Å². The summed E-state index contributed by atoms with van der Waals surface area (Å²) in [7, 11) is 0. The molecule has 2 saturated heterocycles. The maximum absolute atomic E-state index is 15.1. The quantitative estimate of drug-likeness (QED) is 0.476. The van der Waals surface area contributed by atoms with E-state index in [-0.39, 0.29) is 59.2 Å². The number of fused-ring (bicyclic) bond motifs is 1. The average molecular weight is 602 g/mol. The molecule has 0 bridgehead atoms. The molecule has 1 atom stereocenters. The summed E-state index contributed by atoms with van der Waals surface area (Å²) in [5, 5.41) is 25.6. The number of carbonyl (C=O) groups excluding carboxylic acids is 3. The van der Waals surface area contributed by atoms with Crippen LogP contribution in [0.15, 0.2) is 36.5 Å². The maximum atomic E-state index is 15.1. The van der Waals surface area contributed by atoms with Gasteiger partial charge in [0.1, 0.15) is 11.4 Å². The molecule has 3 amide bonds. The van der Waals surface area contributed by atoms with E-state index in [1.165, 1.54) is 28.9 Å². The van der Waals surface area contributed by atoms with Gasteiger partial charge in [0.2, 0.25) is 0 Å². The molecule has 6 rings (SSSR count). The molecule has 3 aliphatic rings. The minimum absolute atomic E-state index is 0.0420. The number of nitrogens with zero attached hydrogens (tertiary/aromatic N) is 7. The summed E-state index contributed by atoms with van der Waals surface area (Å²) in [5.41, 5.74) is -1.76. The van der Waals surface area contributed by atoms with Crippen molar-refractivity contribution in [3.63, 3.8) is 0 Å². The first-order chi connectivity index (χ1) is 20.9. The Hall–Kier alpha value is -4.83. The van der Waals surface area contributed by atoms with Crippen LogP contribution in [0.1, 0.15) is 61.6 Å². The third-order valence-corrected chi connectivity index (χ3v) is 8.03. The summed E-state index contributed by atoms with van der Waals surface area (Å²) in [4.78, 5) is 48.6. The molecule has 13 heteroatoms. The number of benzene rings is 1. The topological polar surface area (TPSA) is 145 Å². The molecule has 44 heavy (non-hydrogen) atoms. The Morgan fingerprint density at radius 2 is 1.89 bits per heavy atom. The van der Waals surface area contributed by atoms with Crippen LogP contribution in [0.5, 0.6) is 0 Å². The number of carbonyl (C=O) groups is 3. The van der Waals surface area contributed by atoms with Crippen molar-refractivity contribution in [1.82, 2.24) is 24.6 Å². The monoisotopic (exact) mass is 601 g/mol. The number of β-amino-alcohol motifs (C(OH)–C–C–N with tert-alkyl or cyclic N) is 1. The number of hydrogen-bond donors (Lipinski definition) is 1. The van der Waals surface area contributed by atoms with Gasteiger partial charge in [-0.15, -0.1) is 0 Å². The number of nitriles is 1. The normalized spacial score (nSPS) is 19.8. The fraction of sp³-hybridized carbons (Fsp3) is 0.419. The molecule has 0 radical (unpaired) electrons. The number of aliphatic hydroxyl groups is 1. The molecule has 1 aromatic carbocycles. The fourth-order valence-electron chi connectivity index (χ4n) is 5.93. The van der Waals surface area contributed by atoms with Gasteiger partial charge in [-0.25, -0.2) is 23.8 Å². The van der Waals surface area contributed by atoms with Gasteiger partial charge in [-0.3, -0.25) is 9.59 Å². The van der Waals surface area contributed by atoms with Crippen molar-refractivity contribution in [2.24, 2.45) is 0 Å². The predicted octanol–water partition coefficient (Wildman–Crippen LogP) is 3.40. The summed E-state index contributed by atoms with van der Waals surface area (Å²) in [6, 6.07) is 9.24. The van der Waals surface area contributed by atoms with E-state index in [0.717, 1.165) is 17.7 Å². The van der Waals surface area contributed by atoms with E-state index in [0.29, 0.717) is 25.5 Å². The number of hydrogen-bond acceptors (Lipinski definition) is 9. The highest BCUT2D eigenvalue weighted by molar-refractivity contribution is 6.08. The van der Waals surface area contributed by atoms with Crippen molar-refractivity contribution in [2.75, 3.05) is 31.1 Å². The molecular weight excluding hydrogens is 569 g/mol. The zero-order chi connectivity index (χ0) is 31.4. The Balaban J connectivity index is 1.38. The van der Waals surface area contributed by atoms with Crippen molar-refractivity contribution < 1.29 is 28.6 Å². The molecule has 0 saturated carbocycles. The van der Waals surface area contributed by atoms with E-state index in [1.807, 2.05) is 6.07 Å². The summed E-state index contributed by atoms with van der Waals surface area (Å²) < 4.78 is 22.0. The number of aromatic nitrogens is 3. The van der Waals surface area contributed by atoms with Crippen LogP contribution >= 0.6 is 0 Å². The van der Waals surface area contributed by atoms with Gasteiger partial charge in [-0.05, 0) is 51.8 Å². The van der Waals surface area contributed by atoms with Gasteiger partial charge in [-0.2, -0.15) is 10.4 Å². The van der Waals surface area contributed by atoms with Crippen molar-refractivity contribution >= 4 is 23.7 Å². The Morgan fingerprint density at radius 3 is 2.59 bits per heavy atom. The van der Waals surface area contributed by atoms with Gasteiger partial charge in [0, 0.05) is 38.3 Å². The molecule has 228 valence electrons. The standard InChI is InChI=1S/C31H32FN7O5/c1-30(2,3)44-29(42)38-17-22-26(27(38)40)23(15-21(34-22)25-19(16-33)7-6-8-20(25)32)39-13-9-24(35-39)37-14-10-31(43,18-37)28(41)36-11-4-5-12-36/h6-9,13,15,43H,4-5,10-12,14,17-18H2,1-3H3. The van der Waals surface area contributed by atoms with Gasteiger partial charge in [0.05, 0.1) is 52.9 Å². The minimum atomic E-state index is -1.53. The van der Waals surface area contributed by atoms with E-state index < -0.39 is 29.0 Å². The summed E-state index contributed by atoms with van der Waals surface area (Å²) in [6.45, 7) is 6.56. The number of halogens is 1. The van der Waals surface area contributed by atoms with Crippen LogP contribution in [-0.2, 0) is 16.1 Å². The first-order valence-electron chi connectivity index (χ1n) is 14.5. The predicted molar refractivity (Wildman–Crippen MR) is 155 cm³/mol. The van der Waals surface area contributed by atoms with Crippen LogP contribution in [0.3, 0.4) is 0 Å². The van der Waals surface area contributed by atoms with E-state index in [2.05, 4.69) is 10.1 Å². The van der Waals surface area contributed by atoms with E-state index in [4.69, 9.17) is 4.74 Å². The Morgan fingerprint density at radius 1 is 1.14 bits per heavy atom. The molecule has 3 aliphatic heterocycles. The zero-order valence-corrected chi connectivity index (χ0v) is 24.7.